The molecule has 6 nitrogen and oxygen atoms in total. The van der Waals surface area contributed by atoms with E-state index in [1.807, 2.05) is 54.6 Å². The average Bonchev–Trinajstić information content (AvgIpc) is 3.35. The summed E-state index contributed by atoms with van der Waals surface area (Å²) < 4.78 is 13.5. The molecule has 8 heteroatoms. The predicted octanol–water partition coefficient (Wildman–Crippen LogP) is 11.2. The molecule has 0 radical (unpaired) electrons. The summed E-state index contributed by atoms with van der Waals surface area (Å²) in [6.07, 6.45) is 0. The summed E-state index contributed by atoms with van der Waals surface area (Å²) in [5.74, 6) is 2.50. The van der Waals surface area contributed by atoms with Gasteiger partial charge in [0.1, 0.15) is 23.0 Å². The predicted molar refractivity (Wildman–Crippen MR) is 275 cm³/mol. The lowest BCUT2D eigenvalue weighted by Crippen LogP contribution is -2.58. The van der Waals surface area contributed by atoms with E-state index in [-0.39, 0.29) is 13.4 Å². The van der Waals surface area contributed by atoms with Crippen LogP contribution in [-0.2, 0) is 0 Å². The molecule has 4 heterocycles. The van der Waals surface area contributed by atoms with Crippen molar-refractivity contribution in [1.82, 2.24) is 0 Å². The minimum absolute atomic E-state index is 0.260. The van der Waals surface area contributed by atoms with Crippen LogP contribution in [0.15, 0.2) is 121 Å². The Hall–Kier alpha value is -9.07. The molecule has 0 bridgehead atoms. The Morgan fingerprint density at radius 1 is 0.426 bits per heavy atom. The molecular formula is C60H32B2N4O2. The number of hydrogen-bond acceptors (Lipinski definition) is 4. The van der Waals surface area contributed by atoms with Crippen molar-refractivity contribution in [3.63, 3.8) is 0 Å². The van der Waals surface area contributed by atoms with Gasteiger partial charge < -0.3 is 9.47 Å². The van der Waals surface area contributed by atoms with Gasteiger partial charge in [-0.05, 0) is 203 Å². The van der Waals surface area contributed by atoms with Crippen molar-refractivity contribution in [3.05, 3.63) is 178 Å². The largest absolute Gasteiger partial charge is 0.461 e. The van der Waals surface area contributed by atoms with E-state index in [0.29, 0.717) is 45.5 Å². The Morgan fingerprint density at radius 2 is 0.897 bits per heavy atom. The van der Waals surface area contributed by atoms with E-state index in [1.54, 1.807) is 0 Å². The van der Waals surface area contributed by atoms with E-state index in [0.717, 1.165) is 132 Å². The number of aryl methyl sites for hydroxylation is 4. The van der Waals surface area contributed by atoms with Crippen molar-refractivity contribution in [3.8, 4) is 79.6 Å². The molecule has 0 aromatic heterocycles. The van der Waals surface area contributed by atoms with Gasteiger partial charge in [-0.2, -0.15) is 10.5 Å². The van der Waals surface area contributed by atoms with Crippen LogP contribution in [0.25, 0.3) is 86.5 Å². The van der Waals surface area contributed by atoms with Crippen molar-refractivity contribution in [2.45, 2.75) is 27.7 Å². The molecule has 0 atom stereocenters. The van der Waals surface area contributed by atoms with Gasteiger partial charge >= 0.3 is 0 Å². The van der Waals surface area contributed by atoms with Gasteiger partial charge in [0.2, 0.25) is 0 Å². The minimum atomic E-state index is -0.268. The fraction of sp³-hybridized carbons (Fsp3) is 0.0667. The first-order valence-electron chi connectivity index (χ1n) is 22.7. The molecule has 0 saturated carbocycles. The highest BCUT2D eigenvalue weighted by Gasteiger charge is 2.44. The van der Waals surface area contributed by atoms with Gasteiger partial charge in [-0.1, -0.05) is 77.7 Å². The summed E-state index contributed by atoms with van der Waals surface area (Å²) in [5, 5.41) is 27.5. The van der Waals surface area contributed by atoms with Gasteiger partial charge in [0.05, 0.1) is 36.4 Å². The first-order chi connectivity index (χ1) is 33.2. The number of hydrogen-bond donors (Lipinski definition) is 0. The summed E-state index contributed by atoms with van der Waals surface area (Å²) in [4.78, 5) is 7.79. The van der Waals surface area contributed by atoms with E-state index in [1.165, 1.54) is 0 Å². The summed E-state index contributed by atoms with van der Waals surface area (Å²) in [5.41, 5.74) is 21.5. The molecule has 10 aromatic rings. The average molecular weight is 863 g/mol. The van der Waals surface area contributed by atoms with Crippen LogP contribution < -0.4 is 42.3 Å². The zero-order chi connectivity index (χ0) is 46.0. The second-order valence-electron chi connectivity index (χ2n) is 18.8. The molecule has 0 amide bonds. The van der Waals surface area contributed by atoms with Crippen LogP contribution >= 0.6 is 0 Å². The van der Waals surface area contributed by atoms with E-state index in [9.17, 15) is 10.5 Å². The van der Waals surface area contributed by atoms with Crippen LogP contribution in [0.5, 0.6) is 23.0 Å². The number of ether oxygens (including phenoxy) is 2. The molecule has 0 saturated heterocycles. The van der Waals surface area contributed by atoms with Gasteiger partial charge in [-0.25, -0.2) is 9.69 Å². The summed E-state index contributed by atoms with van der Waals surface area (Å²) in [6, 6.07) is 46.7. The third-order valence-electron chi connectivity index (χ3n) is 15.3. The van der Waals surface area contributed by atoms with Gasteiger partial charge in [0.15, 0.2) is 11.4 Å². The Bertz CT molecular complexity index is 3960. The van der Waals surface area contributed by atoms with E-state index in [2.05, 4.69) is 116 Å². The molecule has 68 heavy (non-hydrogen) atoms. The number of nitriles is 2. The lowest BCUT2D eigenvalue weighted by atomic mass is 9.31. The molecule has 10 aromatic carbocycles. The normalized spacial score (nSPS) is 12.8. The van der Waals surface area contributed by atoms with Crippen molar-refractivity contribution in [1.29, 1.82) is 10.5 Å². The highest BCUT2D eigenvalue weighted by molar-refractivity contribution is 7.01. The fourth-order valence-electron chi connectivity index (χ4n) is 12.7. The summed E-state index contributed by atoms with van der Waals surface area (Å²) in [6.45, 7) is 24.5. The van der Waals surface area contributed by atoms with Gasteiger partial charge in [-0.3, -0.25) is 0 Å². The molecule has 14 rings (SSSR count). The fourth-order valence-corrected chi connectivity index (χ4v) is 12.7. The van der Waals surface area contributed by atoms with Crippen LogP contribution in [0.4, 0.5) is 11.4 Å². The van der Waals surface area contributed by atoms with Gasteiger partial charge in [0.25, 0.3) is 13.4 Å². The minimum Gasteiger partial charge on any atom is -0.461 e. The number of fused-ring (bicyclic) bond motifs is 8. The maximum absolute atomic E-state index is 10.6. The molecular weight excluding hydrogens is 830 g/mol. The van der Waals surface area contributed by atoms with Crippen LogP contribution in [0.1, 0.15) is 33.4 Å². The van der Waals surface area contributed by atoms with Crippen molar-refractivity contribution in [2.75, 3.05) is 0 Å². The summed E-state index contributed by atoms with van der Waals surface area (Å²) >= 11 is 0. The zero-order valence-corrected chi connectivity index (χ0v) is 37.3. The zero-order valence-electron chi connectivity index (χ0n) is 37.3. The molecule has 0 aliphatic carbocycles. The molecule has 4 aliphatic rings. The smallest absolute Gasteiger partial charge is 0.252 e. The first-order valence-corrected chi connectivity index (χ1v) is 22.7. The van der Waals surface area contributed by atoms with Crippen molar-refractivity contribution >= 4 is 89.9 Å². The quantitative estimate of drug-likeness (QED) is 0.0986. The standard InChI is InChI=1S/C60H32B2N4O2/c1-29-9-7-10-30(2)53(29)37-23-39-43-17-34(28-64)19-51-59(43)61(45-15-13-33(27-63)18-49(45)67-51)47-25-42-38(54-31(3)11-8-12-32(54)4)24-40-44-20-36(66-6)22-52-60(44)62(46-16-14-35(65-5)21-50(46)68-52)48-26-41(37)57(55(39)47)58(42)56(40)48/h7-26H,1-4H3. The van der Waals surface area contributed by atoms with Crippen LogP contribution in [-0.4, -0.2) is 13.4 Å². The highest BCUT2D eigenvalue weighted by atomic mass is 16.5. The highest BCUT2D eigenvalue weighted by Crippen LogP contribution is 2.52. The van der Waals surface area contributed by atoms with Crippen molar-refractivity contribution in [2.24, 2.45) is 0 Å². The second-order valence-corrected chi connectivity index (χ2v) is 18.8. The third kappa shape index (κ3) is 4.78. The van der Waals surface area contributed by atoms with Crippen molar-refractivity contribution < 1.29 is 9.47 Å². The Morgan fingerprint density at radius 3 is 1.43 bits per heavy atom. The maximum Gasteiger partial charge on any atom is 0.252 e. The molecule has 0 N–H and O–H groups in total. The topological polar surface area (TPSA) is 74.8 Å². The summed E-state index contributed by atoms with van der Waals surface area (Å²) in [7, 11) is 0. The van der Waals surface area contributed by atoms with Crippen LogP contribution in [0.3, 0.4) is 0 Å². The lowest BCUT2D eigenvalue weighted by molar-refractivity contribution is 0.487. The Balaban J connectivity index is 1.27. The maximum atomic E-state index is 10.6. The lowest BCUT2D eigenvalue weighted by Gasteiger charge is -2.38. The monoisotopic (exact) mass is 862 g/mol. The van der Waals surface area contributed by atoms with Crippen LogP contribution in [0.2, 0.25) is 0 Å². The number of rotatable bonds is 2. The Kier molecular flexibility index (Phi) is 7.46. The van der Waals surface area contributed by atoms with Gasteiger partial charge in [0, 0.05) is 0 Å². The van der Waals surface area contributed by atoms with E-state index < -0.39 is 0 Å². The molecule has 0 fully saturated rings. The number of nitrogens with zero attached hydrogens (tertiary/aromatic N) is 4. The third-order valence-corrected chi connectivity index (χ3v) is 15.3. The number of benzene rings is 10. The Labute approximate surface area is 393 Å². The molecule has 0 spiro atoms. The molecule has 310 valence electrons. The SMILES string of the molecule is [C-]#[N+]c1ccc2c(c1)Oc1cc([N+]#[C-])cc3c1B2c1cc2c(-c4c(C)cccc4C)cc4c5c(cc6c(-c7c(C)cccc7C)cc-3c1c6c25)B1c2ccc(C#N)cc2Oc2cc(C#N)cc-4c21. The van der Waals surface area contributed by atoms with Gasteiger partial charge in [-0.15, -0.1) is 0 Å². The van der Waals surface area contributed by atoms with E-state index >= 15 is 0 Å². The second kappa shape index (κ2) is 13.3. The van der Waals surface area contributed by atoms with Crippen LogP contribution in [0, 0.1) is 63.5 Å². The van der Waals surface area contributed by atoms with E-state index in [4.69, 9.17) is 22.6 Å². The molecule has 4 aliphatic heterocycles. The first kappa shape index (κ1) is 38.2. The molecule has 0 unspecified atom stereocenters.